The van der Waals surface area contributed by atoms with Crippen LogP contribution in [0.4, 0.5) is 0 Å². The van der Waals surface area contributed by atoms with Gasteiger partial charge < -0.3 is 10.2 Å². The highest BCUT2D eigenvalue weighted by Crippen LogP contribution is 2.22. The molecule has 0 saturated carbocycles. The van der Waals surface area contributed by atoms with Crippen LogP contribution in [-0.4, -0.2) is 55.0 Å². The molecule has 110 valence electrons. The van der Waals surface area contributed by atoms with E-state index in [2.05, 4.69) is 29.0 Å². The molecule has 0 aliphatic carbocycles. The maximum absolute atomic E-state index is 12.2. The summed E-state index contributed by atoms with van der Waals surface area (Å²) in [7, 11) is 0. The Morgan fingerprint density at radius 1 is 1.25 bits per heavy atom. The van der Waals surface area contributed by atoms with Crippen molar-refractivity contribution in [3.05, 3.63) is 35.9 Å². The van der Waals surface area contributed by atoms with Gasteiger partial charge in [0.2, 0.25) is 5.91 Å². The molecule has 1 N–H and O–H groups in total. The van der Waals surface area contributed by atoms with Gasteiger partial charge in [-0.15, -0.1) is 0 Å². The first-order chi connectivity index (χ1) is 9.76. The molecule has 1 fully saturated rings. The number of hydrogen-bond acceptors (Lipinski definition) is 3. The monoisotopic (exact) mass is 275 g/mol. The number of hydrogen-bond donors (Lipinski definition) is 1. The number of nitrogens with zero attached hydrogens (tertiary/aromatic N) is 2. The normalized spacial score (nSPS) is 20.1. The second-order valence-electron chi connectivity index (χ2n) is 5.17. The minimum atomic E-state index is -0.138. The SMILES string of the molecule is CCN(CC)CCN1CCNC(=O)C1c1ccccc1. The third-order valence-electron chi connectivity index (χ3n) is 4.02. The van der Waals surface area contributed by atoms with Gasteiger partial charge in [-0.3, -0.25) is 9.69 Å². The molecular formula is C16H25N3O. The fourth-order valence-electron chi connectivity index (χ4n) is 2.76. The van der Waals surface area contributed by atoms with Crippen molar-refractivity contribution in [3.8, 4) is 0 Å². The van der Waals surface area contributed by atoms with Gasteiger partial charge in [0.1, 0.15) is 6.04 Å². The van der Waals surface area contributed by atoms with E-state index in [1.165, 1.54) is 0 Å². The zero-order valence-electron chi connectivity index (χ0n) is 12.5. The summed E-state index contributed by atoms with van der Waals surface area (Å²) in [6.07, 6.45) is 0. The second-order valence-corrected chi connectivity index (χ2v) is 5.17. The van der Waals surface area contributed by atoms with Crippen LogP contribution >= 0.6 is 0 Å². The van der Waals surface area contributed by atoms with Crippen molar-refractivity contribution >= 4 is 5.91 Å². The van der Waals surface area contributed by atoms with Gasteiger partial charge in [0.15, 0.2) is 0 Å². The predicted octanol–water partition coefficient (Wildman–Crippen LogP) is 1.50. The van der Waals surface area contributed by atoms with E-state index < -0.39 is 0 Å². The molecule has 1 atom stereocenters. The molecule has 1 unspecified atom stereocenters. The van der Waals surface area contributed by atoms with Crippen LogP contribution in [0.5, 0.6) is 0 Å². The largest absolute Gasteiger partial charge is 0.353 e. The summed E-state index contributed by atoms with van der Waals surface area (Å²) in [6, 6.07) is 9.94. The Kier molecular flexibility index (Phi) is 5.56. The van der Waals surface area contributed by atoms with Crippen LogP contribution in [0.1, 0.15) is 25.5 Å². The van der Waals surface area contributed by atoms with Gasteiger partial charge in [-0.05, 0) is 18.7 Å². The molecule has 4 nitrogen and oxygen atoms in total. The third-order valence-corrected chi connectivity index (χ3v) is 4.02. The van der Waals surface area contributed by atoms with E-state index in [9.17, 15) is 4.79 Å². The Balaban J connectivity index is 2.06. The summed E-state index contributed by atoms with van der Waals surface area (Å²) in [5.74, 6) is 0.127. The predicted molar refractivity (Wildman–Crippen MR) is 81.6 cm³/mol. The Hall–Kier alpha value is -1.39. The number of likely N-dealkylation sites (N-methyl/N-ethyl adjacent to an activating group) is 1. The standard InChI is InChI=1S/C16H25N3O/c1-3-18(4-2)12-13-19-11-10-17-16(20)15(19)14-8-6-5-7-9-14/h5-9,15H,3-4,10-13H2,1-2H3,(H,17,20). The van der Waals surface area contributed by atoms with Gasteiger partial charge in [0.25, 0.3) is 0 Å². The van der Waals surface area contributed by atoms with Crippen LogP contribution in [-0.2, 0) is 4.79 Å². The van der Waals surface area contributed by atoms with E-state index in [-0.39, 0.29) is 11.9 Å². The summed E-state index contributed by atoms with van der Waals surface area (Å²) in [6.45, 7) is 10.1. The highest BCUT2D eigenvalue weighted by Gasteiger charge is 2.30. The van der Waals surface area contributed by atoms with Crippen molar-refractivity contribution in [1.82, 2.24) is 15.1 Å². The maximum Gasteiger partial charge on any atom is 0.242 e. The lowest BCUT2D eigenvalue weighted by atomic mass is 10.0. The lowest BCUT2D eigenvalue weighted by molar-refractivity contribution is -0.129. The summed E-state index contributed by atoms with van der Waals surface area (Å²) in [5.41, 5.74) is 1.09. The second kappa shape index (κ2) is 7.41. The highest BCUT2D eigenvalue weighted by atomic mass is 16.2. The molecule has 20 heavy (non-hydrogen) atoms. The average molecular weight is 275 g/mol. The van der Waals surface area contributed by atoms with Gasteiger partial charge in [-0.2, -0.15) is 0 Å². The Morgan fingerprint density at radius 3 is 2.60 bits per heavy atom. The third kappa shape index (κ3) is 3.58. The minimum Gasteiger partial charge on any atom is -0.353 e. The molecule has 1 saturated heterocycles. The van der Waals surface area contributed by atoms with Crippen LogP contribution in [0.2, 0.25) is 0 Å². The summed E-state index contributed by atoms with van der Waals surface area (Å²) in [4.78, 5) is 16.9. The fourth-order valence-corrected chi connectivity index (χ4v) is 2.76. The number of carbonyl (C=O) groups is 1. The van der Waals surface area contributed by atoms with Crippen LogP contribution in [0.25, 0.3) is 0 Å². The summed E-state index contributed by atoms with van der Waals surface area (Å²) < 4.78 is 0. The first-order valence-electron chi connectivity index (χ1n) is 7.55. The van der Waals surface area contributed by atoms with Gasteiger partial charge in [-0.25, -0.2) is 0 Å². The van der Waals surface area contributed by atoms with Crippen molar-refractivity contribution in [3.63, 3.8) is 0 Å². The molecule has 1 aromatic carbocycles. The number of nitrogens with one attached hydrogen (secondary N) is 1. The Labute approximate surface area is 121 Å². The van der Waals surface area contributed by atoms with Crippen LogP contribution in [0.15, 0.2) is 30.3 Å². The van der Waals surface area contributed by atoms with E-state index >= 15 is 0 Å². The minimum absolute atomic E-state index is 0.127. The number of amides is 1. The molecule has 0 bridgehead atoms. The van der Waals surface area contributed by atoms with Crippen molar-refractivity contribution in [2.24, 2.45) is 0 Å². The first-order valence-corrected chi connectivity index (χ1v) is 7.55. The zero-order valence-corrected chi connectivity index (χ0v) is 12.5. The summed E-state index contributed by atoms with van der Waals surface area (Å²) in [5, 5.41) is 2.98. The number of rotatable bonds is 6. The molecule has 0 aromatic heterocycles. The molecule has 1 amide bonds. The molecule has 1 aliphatic rings. The molecule has 4 heteroatoms. The van der Waals surface area contributed by atoms with Crippen LogP contribution < -0.4 is 5.32 Å². The van der Waals surface area contributed by atoms with E-state index in [1.807, 2.05) is 30.3 Å². The molecule has 0 radical (unpaired) electrons. The molecule has 1 aliphatic heterocycles. The lowest BCUT2D eigenvalue weighted by Crippen LogP contribution is -2.51. The van der Waals surface area contributed by atoms with Crippen molar-refractivity contribution < 1.29 is 4.79 Å². The first kappa shape index (κ1) is 15.0. The number of carbonyl (C=O) groups excluding carboxylic acids is 1. The van der Waals surface area contributed by atoms with Gasteiger partial charge >= 0.3 is 0 Å². The summed E-state index contributed by atoms with van der Waals surface area (Å²) >= 11 is 0. The van der Waals surface area contributed by atoms with Crippen molar-refractivity contribution in [2.45, 2.75) is 19.9 Å². The fraction of sp³-hybridized carbons (Fsp3) is 0.562. The number of benzene rings is 1. The average Bonchev–Trinajstić information content (AvgIpc) is 2.49. The lowest BCUT2D eigenvalue weighted by Gasteiger charge is -2.36. The van der Waals surface area contributed by atoms with E-state index in [0.717, 1.165) is 44.8 Å². The zero-order chi connectivity index (χ0) is 14.4. The van der Waals surface area contributed by atoms with Crippen LogP contribution in [0, 0.1) is 0 Å². The topological polar surface area (TPSA) is 35.6 Å². The van der Waals surface area contributed by atoms with Gasteiger partial charge in [0, 0.05) is 26.2 Å². The molecule has 1 heterocycles. The van der Waals surface area contributed by atoms with E-state index in [0.29, 0.717) is 0 Å². The number of piperazine rings is 1. The Morgan fingerprint density at radius 2 is 1.95 bits per heavy atom. The molecular weight excluding hydrogens is 250 g/mol. The molecule has 2 rings (SSSR count). The van der Waals surface area contributed by atoms with Crippen molar-refractivity contribution in [1.29, 1.82) is 0 Å². The van der Waals surface area contributed by atoms with E-state index in [4.69, 9.17) is 0 Å². The Bertz CT molecular complexity index is 417. The van der Waals surface area contributed by atoms with Gasteiger partial charge in [-0.1, -0.05) is 44.2 Å². The van der Waals surface area contributed by atoms with Crippen LogP contribution in [0.3, 0.4) is 0 Å². The molecule has 0 spiro atoms. The molecule has 1 aromatic rings. The van der Waals surface area contributed by atoms with Gasteiger partial charge in [0.05, 0.1) is 0 Å². The van der Waals surface area contributed by atoms with Crippen molar-refractivity contribution in [2.75, 3.05) is 39.3 Å². The highest BCUT2D eigenvalue weighted by molar-refractivity contribution is 5.83. The quantitative estimate of drug-likeness (QED) is 0.854. The van der Waals surface area contributed by atoms with E-state index in [1.54, 1.807) is 0 Å². The maximum atomic E-state index is 12.2. The smallest absolute Gasteiger partial charge is 0.242 e.